The van der Waals surface area contributed by atoms with Crippen molar-refractivity contribution in [2.75, 3.05) is 0 Å². The summed E-state index contributed by atoms with van der Waals surface area (Å²) in [4.78, 5) is 0. The van der Waals surface area contributed by atoms with Crippen molar-refractivity contribution in [3.63, 3.8) is 0 Å². The Balaban J connectivity index is 0.00000106. The molecule has 2 N–H and O–H groups in total. The van der Waals surface area contributed by atoms with Gasteiger partial charge in [0, 0.05) is 11.5 Å². The Morgan fingerprint density at radius 2 is 1.76 bits per heavy atom. The van der Waals surface area contributed by atoms with Crippen LogP contribution in [0.3, 0.4) is 0 Å². The summed E-state index contributed by atoms with van der Waals surface area (Å²) in [6.07, 6.45) is 0. The summed E-state index contributed by atoms with van der Waals surface area (Å²) in [5, 5.41) is 27.0. The van der Waals surface area contributed by atoms with Crippen LogP contribution in [0.15, 0.2) is 42.5 Å². The van der Waals surface area contributed by atoms with Crippen molar-refractivity contribution in [2.45, 2.75) is 13.8 Å². The van der Waals surface area contributed by atoms with E-state index in [1.807, 2.05) is 19.9 Å². The number of ether oxygens (including phenoxy) is 1. The van der Waals surface area contributed by atoms with Crippen LogP contribution in [0, 0.1) is 17.1 Å². The van der Waals surface area contributed by atoms with E-state index in [2.05, 4.69) is 0 Å². The van der Waals surface area contributed by atoms with E-state index in [1.54, 1.807) is 6.07 Å². The molecular formula is C15H15BFNO3. The Morgan fingerprint density at radius 1 is 1.10 bits per heavy atom. The van der Waals surface area contributed by atoms with Crippen molar-refractivity contribution in [3.8, 4) is 17.6 Å². The molecule has 6 heteroatoms. The van der Waals surface area contributed by atoms with Gasteiger partial charge in [0.1, 0.15) is 17.3 Å². The van der Waals surface area contributed by atoms with E-state index in [0.29, 0.717) is 11.5 Å². The van der Waals surface area contributed by atoms with Crippen LogP contribution in [0.1, 0.15) is 19.4 Å². The van der Waals surface area contributed by atoms with E-state index >= 15 is 0 Å². The van der Waals surface area contributed by atoms with Gasteiger partial charge in [-0.3, -0.25) is 0 Å². The van der Waals surface area contributed by atoms with Gasteiger partial charge in [-0.2, -0.15) is 5.26 Å². The fourth-order valence-electron chi connectivity index (χ4n) is 1.59. The monoisotopic (exact) mass is 287 g/mol. The van der Waals surface area contributed by atoms with Crippen LogP contribution in [-0.4, -0.2) is 17.2 Å². The average Bonchev–Trinajstić information content (AvgIpc) is 2.49. The van der Waals surface area contributed by atoms with E-state index in [4.69, 9.17) is 20.0 Å². The highest BCUT2D eigenvalue weighted by molar-refractivity contribution is 6.59. The smallest absolute Gasteiger partial charge is 0.457 e. The second-order valence-corrected chi connectivity index (χ2v) is 3.79. The highest BCUT2D eigenvalue weighted by Gasteiger charge is 2.16. The molecule has 0 atom stereocenters. The molecule has 21 heavy (non-hydrogen) atoms. The minimum absolute atomic E-state index is 0.0869. The molecule has 0 aromatic heterocycles. The third-order valence-corrected chi connectivity index (χ3v) is 2.46. The fraction of sp³-hybridized carbons (Fsp3) is 0.133. The molecule has 0 heterocycles. The van der Waals surface area contributed by atoms with E-state index in [0.717, 1.165) is 0 Å². The zero-order valence-electron chi connectivity index (χ0n) is 11.7. The SMILES string of the molecule is CC.N#Cc1cc(Oc2cccc(F)c2)ccc1B(O)O. The van der Waals surface area contributed by atoms with Gasteiger partial charge in [-0.05, 0) is 24.3 Å². The largest absolute Gasteiger partial charge is 0.489 e. The van der Waals surface area contributed by atoms with Crippen LogP contribution in [-0.2, 0) is 0 Å². The molecule has 0 aliphatic carbocycles. The van der Waals surface area contributed by atoms with E-state index in [1.165, 1.54) is 36.4 Å². The predicted molar refractivity (Wildman–Crippen MR) is 78.8 cm³/mol. The van der Waals surface area contributed by atoms with Crippen molar-refractivity contribution >= 4 is 12.6 Å². The second-order valence-electron chi connectivity index (χ2n) is 3.79. The molecule has 2 aromatic carbocycles. The van der Waals surface area contributed by atoms with E-state index in [-0.39, 0.29) is 11.0 Å². The first-order valence-corrected chi connectivity index (χ1v) is 6.44. The first kappa shape index (κ1) is 16.7. The summed E-state index contributed by atoms with van der Waals surface area (Å²) in [7, 11) is -1.72. The number of nitrogens with zero attached hydrogens (tertiary/aromatic N) is 1. The number of nitriles is 1. The number of hydrogen-bond donors (Lipinski definition) is 2. The normalized spacial score (nSPS) is 9.14. The molecule has 0 amide bonds. The quantitative estimate of drug-likeness (QED) is 0.849. The van der Waals surface area contributed by atoms with Crippen molar-refractivity contribution < 1.29 is 19.2 Å². The first-order valence-electron chi connectivity index (χ1n) is 6.44. The van der Waals surface area contributed by atoms with Crippen LogP contribution in [0.5, 0.6) is 11.5 Å². The third kappa shape index (κ3) is 4.60. The highest BCUT2D eigenvalue weighted by Crippen LogP contribution is 2.22. The van der Waals surface area contributed by atoms with E-state index in [9.17, 15) is 4.39 Å². The number of benzene rings is 2. The molecule has 0 aliphatic rings. The maximum absolute atomic E-state index is 13.0. The van der Waals surface area contributed by atoms with Crippen molar-refractivity contribution in [1.82, 2.24) is 0 Å². The molecular weight excluding hydrogens is 272 g/mol. The van der Waals surface area contributed by atoms with Crippen LogP contribution in [0.2, 0.25) is 0 Å². The van der Waals surface area contributed by atoms with Crippen LogP contribution >= 0.6 is 0 Å². The molecule has 4 nitrogen and oxygen atoms in total. The first-order chi connectivity index (χ1) is 10.1. The Labute approximate surface area is 123 Å². The number of hydrogen-bond acceptors (Lipinski definition) is 4. The molecule has 0 spiro atoms. The minimum atomic E-state index is -1.72. The summed E-state index contributed by atoms with van der Waals surface area (Å²) in [6.45, 7) is 4.00. The van der Waals surface area contributed by atoms with Crippen LogP contribution in [0.25, 0.3) is 0 Å². The lowest BCUT2D eigenvalue weighted by Crippen LogP contribution is -2.32. The van der Waals surface area contributed by atoms with Gasteiger partial charge in [0.2, 0.25) is 0 Å². The van der Waals surface area contributed by atoms with E-state index < -0.39 is 12.9 Å². The van der Waals surface area contributed by atoms with Crippen molar-refractivity contribution in [1.29, 1.82) is 5.26 Å². The van der Waals surface area contributed by atoms with Gasteiger partial charge >= 0.3 is 7.12 Å². The van der Waals surface area contributed by atoms with Gasteiger partial charge < -0.3 is 14.8 Å². The van der Waals surface area contributed by atoms with Gasteiger partial charge in [-0.15, -0.1) is 0 Å². The molecule has 0 unspecified atom stereocenters. The molecule has 0 radical (unpaired) electrons. The third-order valence-electron chi connectivity index (χ3n) is 2.46. The molecule has 2 aromatic rings. The number of rotatable bonds is 3. The summed E-state index contributed by atoms with van der Waals surface area (Å²) in [5.41, 5.74) is 0.179. The Hall–Kier alpha value is -2.36. The summed E-state index contributed by atoms with van der Waals surface area (Å²) < 4.78 is 18.4. The predicted octanol–water partition coefficient (Wildman–Crippen LogP) is 2.20. The second kappa shape index (κ2) is 8.05. The van der Waals surface area contributed by atoms with Crippen LogP contribution in [0.4, 0.5) is 4.39 Å². The Morgan fingerprint density at radius 3 is 2.33 bits per heavy atom. The Bertz CT molecular complexity index is 641. The Kier molecular flexibility index (Phi) is 6.40. The maximum Gasteiger partial charge on any atom is 0.489 e. The molecule has 0 aliphatic heterocycles. The molecule has 108 valence electrons. The molecule has 0 saturated carbocycles. The lowest BCUT2D eigenvalue weighted by Gasteiger charge is -2.08. The lowest BCUT2D eigenvalue weighted by atomic mass is 9.77. The topological polar surface area (TPSA) is 73.5 Å². The minimum Gasteiger partial charge on any atom is -0.457 e. The van der Waals surface area contributed by atoms with Gasteiger partial charge in [0.05, 0.1) is 11.6 Å². The maximum atomic E-state index is 13.0. The average molecular weight is 287 g/mol. The van der Waals surface area contributed by atoms with Crippen LogP contribution < -0.4 is 10.2 Å². The molecule has 0 fully saturated rings. The fourth-order valence-corrected chi connectivity index (χ4v) is 1.59. The van der Waals surface area contributed by atoms with Gasteiger partial charge in [-0.1, -0.05) is 26.0 Å². The van der Waals surface area contributed by atoms with Gasteiger partial charge in [0.15, 0.2) is 0 Å². The molecule has 0 bridgehead atoms. The molecule has 0 saturated heterocycles. The zero-order chi connectivity index (χ0) is 15.8. The van der Waals surface area contributed by atoms with Crippen molar-refractivity contribution in [3.05, 3.63) is 53.8 Å². The summed E-state index contributed by atoms with van der Waals surface area (Å²) in [6, 6.07) is 11.6. The highest BCUT2D eigenvalue weighted by atomic mass is 19.1. The zero-order valence-corrected chi connectivity index (χ0v) is 11.7. The lowest BCUT2D eigenvalue weighted by molar-refractivity contribution is 0.425. The number of halogens is 1. The standard InChI is InChI=1S/C13H9BFNO3.C2H6/c15-10-2-1-3-11(7-10)19-12-4-5-13(14(17)18)9(6-12)8-16;1-2/h1-7,17-18H;1-2H3. The summed E-state index contributed by atoms with van der Waals surface area (Å²) in [5.74, 6) is 0.174. The van der Waals surface area contributed by atoms with Gasteiger partial charge in [-0.25, -0.2) is 4.39 Å². The van der Waals surface area contributed by atoms with Crippen molar-refractivity contribution in [2.24, 2.45) is 0 Å². The summed E-state index contributed by atoms with van der Waals surface area (Å²) >= 11 is 0. The van der Waals surface area contributed by atoms with Gasteiger partial charge in [0.25, 0.3) is 0 Å². The molecule has 2 rings (SSSR count).